The highest BCUT2D eigenvalue weighted by Gasteiger charge is 2.20. The van der Waals surface area contributed by atoms with Crippen molar-refractivity contribution in [1.29, 1.82) is 0 Å². The minimum atomic E-state index is -3.80. The first-order valence-electron chi connectivity index (χ1n) is 5.77. The van der Waals surface area contributed by atoms with Gasteiger partial charge in [0.1, 0.15) is 10.6 Å². The van der Waals surface area contributed by atoms with Crippen LogP contribution in [0.1, 0.15) is 6.42 Å². The van der Waals surface area contributed by atoms with Crippen LogP contribution in [-0.4, -0.2) is 34.0 Å². The number of benzene rings is 1. The van der Waals surface area contributed by atoms with E-state index in [0.717, 1.165) is 0 Å². The van der Waals surface area contributed by atoms with Crippen molar-refractivity contribution in [1.82, 2.24) is 4.72 Å². The predicted molar refractivity (Wildman–Crippen MR) is 82.2 cm³/mol. The lowest BCUT2D eigenvalue weighted by Gasteiger charge is -2.12. The fraction of sp³-hybridized carbons (Fsp3) is 0.364. The van der Waals surface area contributed by atoms with Gasteiger partial charge in [0.25, 0.3) is 5.91 Å². The van der Waals surface area contributed by atoms with Gasteiger partial charge >= 0.3 is 0 Å². The summed E-state index contributed by atoms with van der Waals surface area (Å²) in [5.74, 6) is -0.701. The molecule has 0 radical (unpaired) electrons. The van der Waals surface area contributed by atoms with Gasteiger partial charge in [-0.05, 0) is 31.2 Å². The lowest BCUT2D eigenvalue weighted by molar-refractivity contribution is -0.120. The summed E-state index contributed by atoms with van der Waals surface area (Å²) in [6, 6.07) is 4.06. The van der Waals surface area contributed by atoms with Crippen molar-refractivity contribution in [2.75, 3.05) is 19.7 Å². The lowest BCUT2D eigenvalue weighted by Crippen LogP contribution is -2.27. The molecule has 0 spiro atoms. The van der Waals surface area contributed by atoms with Crippen molar-refractivity contribution >= 4 is 39.9 Å². The van der Waals surface area contributed by atoms with E-state index >= 15 is 0 Å². The van der Waals surface area contributed by atoms with E-state index in [9.17, 15) is 13.2 Å². The number of halogens is 2. The molecule has 0 atom stereocenters. The molecular formula is C11H17Cl2N3O4S. The van der Waals surface area contributed by atoms with Gasteiger partial charge in [-0.1, -0.05) is 11.6 Å². The molecule has 0 aliphatic rings. The number of hydrogen-bond acceptors (Lipinski definition) is 5. The third-order valence-electron chi connectivity index (χ3n) is 2.24. The molecule has 21 heavy (non-hydrogen) atoms. The molecule has 0 aliphatic carbocycles. The van der Waals surface area contributed by atoms with Crippen molar-refractivity contribution in [2.45, 2.75) is 11.3 Å². The Morgan fingerprint density at radius 3 is 2.62 bits per heavy atom. The van der Waals surface area contributed by atoms with E-state index in [1.165, 1.54) is 18.2 Å². The molecule has 1 rings (SSSR count). The molecule has 0 saturated heterocycles. The zero-order chi connectivity index (χ0) is 15.2. The fourth-order valence-electron chi connectivity index (χ4n) is 1.35. The normalized spacial score (nSPS) is 10.8. The topological polar surface area (TPSA) is 125 Å². The van der Waals surface area contributed by atoms with Crippen molar-refractivity contribution in [3.8, 4) is 5.75 Å². The number of nitrogens with one attached hydrogen (secondary N) is 1. The van der Waals surface area contributed by atoms with E-state index in [1.54, 1.807) is 0 Å². The van der Waals surface area contributed by atoms with Gasteiger partial charge in [0.15, 0.2) is 6.61 Å². The molecule has 0 bridgehead atoms. The first-order valence-corrected chi connectivity index (χ1v) is 7.63. The minimum Gasteiger partial charge on any atom is -0.482 e. The molecule has 10 heteroatoms. The smallest absolute Gasteiger partial charge is 0.255 e. The second-order valence-corrected chi connectivity index (χ2v) is 6.06. The molecule has 5 N–H and O–H groups in total. The number of ether oxygens (including phenoxy) is 1. The second-order valence-electron chi connectivity index (χ2n) is 3.89. The van der Waals surface area contributed by atoms with E-state index in [0.29, 0.717) is 13.0 Å². The number of nitrogens with two attached hydrogens (primary N) is 2. The Morgan fingerprint density at radius 2 is 2.05 bits per heavy atom. The maximum atomic E-state index is 12.1. The molecule has 1 amide bonds. The van der Waals surface area contributed by atoms with Crippen LogP contribution >= 0.6 is 24.0 Å². The summed E-state index contributed by atoms with van der Waals surface area (Å²) in [6.07, 6.45) is 0.497. The van der Waals surface area contributed by atoms with Crippen LogP contribution in [0.4, 0.5) is 0 Å². The molecule has 1 aromatic carbocycles. The van der Waals surface area contributed by atoms with Gasteiger partial charge < -0.3 is 16.2 Å². The van der Waals surface area contributed by atoms with Crippen LogP contribution in [0, 0.1) is 0 Å². The summed E-state index contributed by atoms with van der Waals surface area (Å²) in [5, 5.41) is 0.232. The SMILES string of the molecule is Cl.NCCCNS(=O)(=O)c1cc(Cl)ccc1OCC(N)=O. The van der Waals surface area contributed by atoms with Crippen LogP contribution in [0.2, 0.25) is 5.02 Å². The zero-order valence-electron chi connectivity index (χ0n) is 11.0. The van der Waals surface area contributed by atoms with Gasteiger partial charge in [0, 0.05) is 11.6 Å². The summed E-state index contributed by atoms with van der Waals surface area (Å²) in [7, 11) is -3.80. The van der Waals surface area contributed by atoms with Gasteiger partial charge in [0.2, 0.25) is 10.0 Å². The van der Waals surface area contributed by atoms with E-state index in [2.05, 4.69) is 4.72 Å². The van der Waals surface area contributed by atoms with Crippen LogP contribution in [0.15, 0.2) is 23.1 Å². The Hall–Kier alpha value is -1.06. The second kappa shape index (κ2) is 9.06. The Balaban J connectivity index is 0.00000400. The summed E-state index contributed by atoms with van der Waals surface area (Å²) in [5.41, 5.74) is 10.3. The molecule has 0 heterocycles. The van der Waals surface area contributed by atoms with E-state index in [1.807, 2.05) is 0 Å². The average molecular weight is 358 g/mol. The Morgan fingerprint density at radius 1 is 1.38 bits per heavy atom. The molecular weight excluding hydrogens is 341 g/mol. The van der Waals surface area contributed by atoms with Gasteiger partial charge in [-0.3, -0.25) is 4.79 Å². The Bertz CT molecular complexity index is 581. The molecule has 0 aromatic heterocycles. The summed E-state index contributed by atoms with van der Waals surface area (Å²) >= 11 is 5.79. The van der Waals surface area contributed by atoms with E-state index < -0.39 is 22.5 Å². The van der Waals surface area contributed by atoms with E-state index in [-0.39, 0.29) is 34.6 Å². The number of carbonyl (C=O) groups is 1. The van der Waals surface area contributed by atoms with Gasteiger partial charge in [0.05, 0.1) is 0 Å². The van der Waals surface area contributed by atoms with Crippen molar-refractivity contribution in [3.63, 3.8) is 0 Å². The van der Waals surface area contributed by atoms with Crippen LogP contribution in [0.25, 0.3) is 0 Å². The van der Waals surface area contributed by atoms with Crippen LogP contribution < -0.4 is 20.9 Å². The van der Waals surface area contributed by atoms with Crippen LogP contribution in [0.5, 0.6) is 5.75 Å². The monoisotopic (exact) mass is 357 g/mol. The molecule has 0 aliphatic heterocycles. The summed E-state index contributed by atoms with van der Waals surface area (Å²) in [4.78, 5) is 10.6. The Kier molecular flexibility index (Phi) is 8.60. The predicted octanol–water partition coefficient (Wildman–Crippen LogP) is 0.253. The third kappa shape index (κ3) is 6.49. The third-order valence-corrected chi connectivity index (χ3v) is 3.96. The number of amides is 1. The molecule has 120 valence electrons. The zero-order valence-corrected chi connectivity index (χ0v) is 13.4. The molecule has 1 aromatic rings. The lowest BCUT2D eigenvalue weighted by atomic mass is 10.3. The highest BCUT2D eigenvalue weighted by Crippen LogP contribution is 2.27. The van der Waals surface area contributed by atoms with Gasteiger partial charge in [-0.15, -0.1) is 12.4 Å². The van der Waals surface area contributed by atoms with E-state index in [4.69, 9.17) is 27.8 Å². The minimum absolute atomic E-state index is 0. The van der Waals surface area contributed by atoms with Crippen LogP contribution in [0.3, 0.4) is 0 Å². The number of primary amides is 1. The maximum Gasteiger partial charge on any atom is 0.255 e. The number of sulfonamides is 1. The fourth-order valence-corrected chi connectivity index (χ4v) is 2.83. The quantitative estimate of drug-likeness (QED) is 0.575. The molecule has 0 unspecified atom stereocenters. The summed E-state index contributed by atoms with van der Waals surface area (Å²) in [6.45, 7) is 0.136. The standard InChI is InChI=1S/C11H16ClN3O4S.ClH/c12-8-2-3-9(19-7-11(14)16)10(6-8)20(17,18)15-5-1-4-13;/h2-3,6,15H,1,4-5,7,13H2,(H2,14,16);1H. The highest BCUT2D eigenvalue weighted by atomic mass is 35.5. The van der Waals surface area contributed by atoms with Crippen molar-refractivity contribution < 1.29 is 17.9 Å². The van der Waals surface area contributed by atoms with Gasteiger partial charge in [-0.25, -0.2) is 13.1 Å². The first kappa shape index (κ1) is 19.9. The Labute approximate surface area is 134 Å². The molecule has 0 saturated carbocycles. The first-order chi connectivity index (χ1) is 9.36. The maximum absolute atomic E-state index is 12.1. The van der Waals surface area contributed by atoms with Gasteiger partial charge in [-0.2, -0.15) is 0 Å². The number of carbonyl (C=O) groups excluding carboxylic acids is 1. The molecule has 0 fully saturated rings. The van der Waals surface area contributed by atoms with Crippen LogP contribution in [-0.2, 0) is 14.8 Å². The number of hydrogen-bond donors (Lipinski definition) is 3. The highest BCUT2D eigenvalue weighted by molar-refractivity contribution is 7.89. The van der Waals surface area contributed by atoms with Crippen molar-refractivity contribution in [3.05, 3.63) is 23.2 Å². The number of rotatable bonds is 8. The summed E-state index contributed by atoms with van der Waals surface area (Å²) < 4.78 is 31.7. The molecule has 7 nitrogen and oxygen atoms in total. The average Bonchev–Trinajstić information content (AvgIpc) is 2.37. The largest absolute Gasteiger partial charge is 0.482 e. The van der Waals surface area contributed by atoms with Crippen molar-refractivity contribution in [2.24, 2.45) is 11.5 Å².